The minimum atomic E-state index is -0.0842. The fourth-order valence-electron chi connectivity index (χ4n) is 2.06. The largest absolute Gasteiger partial charge is 0.494 e. The van der Waals surface area contributed by atoms with Crippen molar-refractivity contribution in [2.24, 2.45) is 0 Å². The van der Waals surface area contributed by atoms with Crippen LogP contribution in [-0.4, -0.2) is 17.5 Å². The van der Waals surface area contributed by atoms with Crippen molar-refractivity contribution in [2.45, 2.75) is 32.2 Å². The molecule has 2 aromatic rings. The lowest BCUT2D eigenvalue weighted by molar-refractivity contribution is 0.0950. The van der Waals surface area contributed by atoms with E-state index in [9.17, 15) is 4.79 Å². The number of hydrogen-bond donors (Lipinski definition) is 1. The number of carbonyl (C=O) groups excluding carboxylic acids is 1. The van der Waals surface area contributed by atoms with Crippen LogP contribution in [0.3, 0.4) is 0 Å². The van der Waals surface area contributed by atoms with E-state index < -0.39 is 0 Å². The molecule has 1 aliphatic carbocycles. The number of nitrogens with one attached hydrogen (secondary N) is 1. The predicted octanol–water partition coefficient (Wildman–Crippen LogP) is 3.35. The van der Waals surface area contributed by atoms with Crippen LogP contribution in [-0.2, 0) is 6.54 Å². The maximum atomic E-state index is 12.1. The van der Waals surface area contributed by atoms with Gasteiger partial charge >= 0.3 is 0 Å². The number of nitrogens with zero attached hydrogens (tertiary/aromatic N) is 1. The summed E-state index contributed by atoms with van der Waals surface area (Å²) in [6.45, 7) is 3.04. The number of ether oxygens (including phenoxy) is 1. The molecule has 0 aliphatic heterocycles. The van der Waals surface area contributed by atoms with E-state index in [1.807, 2.05) is 24.4 Å². The number of aromatic nitrogens is 1. The van der Waals surface area contributed by atoms with Gasteiger partial charge < -0.3 is 10.1 Å². The number of amides is 1. The first-order chi connectivity index (χ1) is 10.3. The molecule has 1 saturated carbocycles. The van der Waals surface area contributed by atoms with Crippen LogP contribution in [0.1, 0.15) is 46.7 Å². The lowest BCUT2D eigenvalue weighted by Gasteiger charge is -2.05. The second kappa shape index (κ2) is 6.26. The van der Waals surface area contributed by atoms with Crippen LogP contribution in [0.25, 0.3) is 0 Å². The summed E-state index contributed by atoms with van der Waals surface area (Å²) < 4.78 is 5.36. The zero-order chi connectivity index (χ0) is 14.7. The third kappa shape index (κ3) is 3.61. The summed E-state index contributed by atoms with van der Waals surface area (Å²) in [6.07, 6.45) is 2.51. The highest BCUT2D eigenvalue weighted by molar-refractivity contribution is 7.09. The van der Waals surface area contributed by atoms with Gasteiger partial charge in [0.15, 0.2) is 0 Å². The van der Waals surface area contributed by atoms with Gasteiger partial charge in [0.1, 0.15) is 5.75 Å². The second-order valence-electron chi connectivity index (χ2n) is 5.09. The van der Waals surface area contributed by atoms with E-state index in [0.29, 0.717) is 24.6 Å². The molecule has 0 atom stereocenters. The van der Waals surface area contributed by atoms with Crippen molar-refractivity contribution in [1.82, 2.24) is 10.3 Å². The summed E-state index contributed by atoms with van der Waals surface area (Å²) in [5, 5.41) is 6.15. The fraction of sp³-hybridized carbons (Fsp3) is 0.375. The van der Waals surface area contributed by atoms with Gasteiger partial charge in [0, 0.05) is 16.9 Å². The standard InChI is InChI=1S/C16H18N2O2S/c1-2-20-14-7-5-11(6-8-14)15(19)17-9-13-10-21-16(18-13)12-3-4-12/h5-8,10,12H,2-4,9H2,1H3,(H,17,19). The summed E-state index contributed by atoms with van der Waals surface area (Å²) in [4.78, 5) is 16.6. The molecule has 1 aromatic heterocycles. The smallest absolute Gasteiger partial charge is 0.251 e. The second-order valence-corrected chi connectivity index (χ2v) is 5.98. The highest BCUT2D eigenvalue weighted by atomic mass is 32.1. The number of benzene rings is 1. The molecule has 21 heavy (non-hydrogen) atoms. The van der Waals surface area contributed by atoms with Crippen LogP contribution in [0.4, 0.5) is 0 Å². The Hall–Kier alpha value is -1.88. The molecule has 1 heterocycles. The van der Waals surface area contributed by atoms with Crippen LogP contribution >= 0.6 is 11.3 Å². The maximum Gasteiger partial charge on any atom is 0.251 e. The molecule has 110 valence electrons. The van der Waals surface area contributed by atoms with Crippen molar-refractivity contribution < 1.29 is 9.53 Å². The van der Waals surface area contributed by atoms with Gasteiger partial charge in [0.05, 0.1) is 23.9 Å². The summed E-state index contributed by atoms with van der Waals surface area (Å²) in [6, 6.07) is 7.17. The average Bonchev–Trinajstić information content (AvgIpc) is 3.25. The van der Waals surface area contributed by atoms with Crippen LogP contribution < -0.4 is 10.1 Å². The fourth-order valence-corrected chi connectivity index (χ4v) is 3.05. The summed E-state index contributed by atoms with van der Waals surface area (Å²) >= 11 is 1.70. The SMILES string of the molecule is CCOc1ccc(C(=O)NCc2csc(C3CC3)n2)cc1. The van der Waals surface area contributed by atoms with E-state index in [1.54, 1.807) is 23.5 Å². The lowest BCUT2D eigenvalue weighted by Crippen LogP contribution is -2.22. The molecule has 0 unspecified atom stereocenters. The van der Waals surface area contributed by atoms with Crippen LogP contribution in [0.5, 0.6) is 5.75 Å². The molecule has 0 bridgehead atoms. The van der Waals surface area contributed by atoms with E-state index in [-0.39, 0.29) is 5.91 Å². The Labute approximate surface area is 128 Å². The predicted molar refractivity (Wildman–Crippen MR) is 82.9 cm³/mol. The van der Waals surface area contributed by atoms with Gasteiger partial charge in [-0.25, -0.2) is 4.98 Å². The number of thiazole rings is 1. The molecular formula is C16H18N2O2S. The van der Waals surface area contributed by atoms with E-state index in [0.717, 1.165) is 11.4 Å². The third-order valence-corrected chi connectivity index (χ3v) is 4.41. The number of hydrogen-bond acceptors (Lipinski definition) is 4. The quantitative estimate of drug-likeness (QED) is 0.890. The van der Waals surface area contributed by atoms with Gasteiger partial charge in [-0.1, -0.05) is 0 Å². The summed E-state index contributed by atoms with van der Waals surface area (Å²) in [7, 11) is 0. The molecule has 5 heteroatoms. The first-order valence-electron chi connectivity index (χ1n) is 7.21. The molecule has 1 amide bonds. The highest BCUT2D eigenvalue weighted by Gasteiger charge is 2.26. The molecule has 4 nitrogen and oxygen atoms in total. The minimum Gasteiger partial charge on any atom is -0.494 e. The Balaban J connectivity index is 1.55. The van der Waals surface area contributed by atoms with E-state index in [1.165, 1.54) is 17.8 Å². The average molecular weight is 302 g/mol. The van der Waals surface area contributed by atoms with Crippen molar-refractivity contribution in [2.75, 3.05) is 6.61 Å². The summed E-state index contributed by atoms with van der Waals surface area (Å²) in [5.74, 6) is 1.37. The monoisotopic (exact) mass is 302 g/mol. The van der Waals surface area contributed by atoms with Gasteiger partial charge in [0.25, 0.3) is 5.91 Å². The summed E-state index contributed by atoms with van der Waals surface area (Å²) in [5.41, 5.74) is 1.58. The molecule has 0 spiro atoms. The molecule has 1 aliphatic rings. The Kier molecular flexibility index (Phi) is 4.20. The molecule has 0 saturated heterocycles. The van der Waals surface area contributed by atoms with Gasteiger partial charge in [-0.2, -0.15) is 0 Å². The molecule has 0 radical (unpaired) electrons. The zero-order valence-electron chi connectivity index (χ0n) is 12.0. The Morgan fingerprint density at radius 2 is 2.14 bits per heavy atom. The number of rotatable bonds is 6. The molecule has 1 fully saturated rings. The van der Waals surface area contributed by atoms with Crippen molar-refractivity contribution in [3.05, 3.63) is 45.9 Å². The topological polar surface area (TPSA) is 51.2 Å². The highest BCUT2D eigenvalue weighted by Crippen LogP contribution is 2.41. The Bertz CT molecular complexity index is 617. The number of carbonyl (C=O) groups is 1. The van der Waals surface area contributed by atoms with Crippen molar-refractivity contribution >= 4 is 17.2 Å². The van der Waals surface area contributed by atoms with Crippen LogP contribution in [0.15, 0.2) is 29.6 Å². The van der Waals surface area contributed by atoms with Crippen LogP contribution in [0.2, 0.25) is 0 Å². The van der Waals surface area contributed by atoms with Crippen LogP contribution in [0, 0.1) is 0 Å². The third-order valence-electron chi connectivity index (χ3n) is 3.35. The normalized spacial score (nSPS) is 14.0. The van der Waals surface area contributed by atoms with Gasteiger partial charge in [0.2, 0.25) is 0 Å². The first-order valence-corrected chi connectivity index (χ1v) is 8.09. The first kappa shape index (κ1) is 14.1. The van der Waals surface area contributed by atoms with Gasteiger partial charge in [-0.05, 0) is 44.0 Å². The Morgan fingerprint density at radius 1 is 1.38 bits per heavy atom. The van der Waals surface area contributed by atoms with Gasteiger partial charge in [-0.3, -0.25) is 4.79 Å². The molecule has 1 aromatic carbocycles. The lowest BCUT2D eigenvalue weighted by atomic mass is 10.2. The van der Waals surface area contributed by atoms with E-state index in [4.69, 9.17) is 4.74 Å². The minimum absolute atomic E-state index is 0.0842. The molecule has 1 N–H and O–H groups in total. The zero-order valence-corrected chi connectivity index (χ0v) is 12.8. The van der Waals surface area contributed by atoms with E-state index in [2.05, 4.69) is 10.3 Å². The van der Waals surface area contributed by atoms with E-state index >= 15 is 0 Å². The van der Waals surface area contributed by atoms with Crippen molar-refractivity contribution in [3.8, 4) is 5.75 Å². The van der Waals surface area contributed by atoms with Crippen molar-refractivity contribution in [3.63, 3.8) is 0 Å². The molecule has 3 rings (SSSR count). The Morgan fingerprint density at radius 3 is 2.81 bits per heavy atom. The van der Waals surface area contributed by atoms with Crippen molar-refractivity contribution in [1.29, 1.82) is 0 Å². The van der Waals surface area contributed by atoms with Gasteiger partial charge in [-0.15, -0.1) is 11.3 Å². The maximum absolute atomic E-state index is 12.1. The molecular weight excluding hydrogens is 284 g/mol.